The van der Waals surface area contributed by atoms with E-state index in [-0.39, 0.29) is 5.60 Å². The minimum Gasteiger partial charge on any atom is -0.389 e. The second-order valence-corrected chi connectivity index (χ2v) is 6.73. The van der Waals surface area contributed by atoms with Gasteiger partial charge >= 0.3 is 0 Å². The van der Waals surface area contributed by atoms with Gasteiger partial charge < -0.3 is 14.7 Å². The number of hydrogen-bond donors (Lipinski definition) is 1. The first-order chi connectivity index (χ1) is 9.44. The van der Waals surface area contributed by atoms with E-state index >= 15 is 0 Å². The molecule has 1 fully saturated rings. The standard InChI is InChI=1S/C17H27NO2/c1-17(2,3)20-13-16(19)12-18-10-9-15(11-18)14-7-5-4-6-8-14/h4-8,15-16,19H,9-13H2,1-3H3/t15-,16+/m1/s1. The largest absolute Gasteiger partial charge is 0.389 e. The van der Waals surface area contributed by atoms with E-state index in [1.165, 1.54) is 12.0 Å². The van der Waals surface area contributed by atoms with Crippen LogP contribution in [-0.2, 0) is 4.74 Å². The van der Waals surface area contributed by atoms with Crippen LogP contribution in [-0.4, -0.2) is 48.0 Å². The number of rotatable bonds is 5. The molecule has 1 aliphatic rings. The van der Waals surface area contributed by atoms with E-state index in [0.29, 0.717) is 19.1 Å². The summed E-state index contributed by atoms with van der Waals surface area (Å²) in [6.45, 7) is 9.27. The predicted octanol–water partition coefficient (Wildman–Crippen LogP) is 2.65. The highest BCUT2D eigenvalue weighted by Gasteiger charge is 2.25. The zero-order valence-electron chi connectivity index (χ0n) is 12.9. The van der Waals surface area contributed by atoms with Crippen LogP contribution in [0.2, 0.25) is 0 Å². The third kappa shape index (κ3) is 4.89. The number of ether oxygens (including phenoxy) is 1. The van der Waals surface area contributed by atoms with E-state index in [9.17, 15) is 5.11 Å². The SMILES string of the molecule is CC(C)(C)OC[C@@H](O)CN1CC[C@@H](c2ccccc2)C1. The Labute approximate surface area is 122 Å². The van der Waals surface area contributed by atoms with Gasteiger partial charge in [0.2, 0.25) is 0 Å². The second kappa shape index (κ2) is 6.70. The van der Waals surface area contributed by atoms with Crippen molar-refractivity contribution in [3.8, 4) is 0 Å². The average Bonchev–Trinajstić information content (AvgIpc) is 2.85. The van der Waals surface area contributed by atoms with Crippen molar-refractivity contribution in [2.75, 3.05) is 26.2 Å². The van der Waals surface area contributed by atoms with Gasteiger partial charge in [-0.25, -0.2) is 0 Å². The van der Waals surface area contributed by atoms with Gasteiger partial charge in [-0.1, -0.05) is 30.3 Å². The van der Waals surface area contributed by atoms with E-state index in [2.05, 4.69) is 35.2 Å². The van der Waals surface area contributed by atoms with Crippen LogP contribution in [0.5, 0.6) is 0 Å². The van der Waals surface area contributed by atoms with Crippen LogP contribution in [0.25, 0.3) is 0 Å². The summed E-state index contributed by atoms with van der Waals surface area (Å²) in [6.07, 6.45) is 0.778. The predicted molar refractivity (Wildman–Crippen MR) is 82.0 cm³/mol. The fraction of sp³-hybridized carbons (Fsp3) is 0.647. The van der Waals surface area contributed by atoms with E-state index < -0.39 is 6.10 Å². The highest BCUT2D eigenvalue weighted by molar-refractivity contribution is 5.20. The maximum Gasteiger partial charge on any atom is 0.0900 e. The lowest BCUT2D eigenvalue weighted by molar-refractivity contribution is -0.0548. The van der Waals surface area contributed by atoms with Crippen LogP contribution < -0.4 is 0 Å². The van der Waals surface area contributed by atoms with Crippen LogP contribution in [0.4, 0.5) is 0 Å². The molecule has 1 aliphatic heterocycles. The van der Waals surface area contributed by atoms with Crippen molar-refractivity contribution in [1.29, 1.82) is 0 Å². The molecular weight excluding hydrogens is 250 g/mol. The molecule has 1 saturated heterocycles. The Bertz CT molecular complexity index is 399. The van der Waals surface area contributed by atoms with Crippen LogP contribution in [0.1, 0.15) is 38.7 Å². The lowest BCUT2D eigenvalue weighted by Gasteiger charge is -2.24. The van der Waals surface area contributed by atoms with Gasteiger partial charge in [0.25, 0.3) is 0 Å². The number of benzene rings is 1. The number of hydrogen-bond acceptors (Lipinski definition) is 3. The lowest BCUT2D eigenvalue weighted by atomic mass is 9.99. The first kappa shape index (κ1) is 15.5. The summed E-state index contributed by atoms with van der Waals surface area (Å²) in [4.78, 5) is 2.34. The van der Waals surface area contributed by atoms with Crippen LogP contribution in [0.15, 0.2) is 30.3 Å². The van der Waals surface area contributed by atoms with Crippen LogP contribution in [0, 0.1) is 0 Å². The molecule has 3 nitrogen and oxygen atoms in total. The number of likely N-dealkylation sites (tertiary alicyclic amines) is 1. The molecule has 112 valence electrons. The van der Waals surface area contributed by atoms with Gasteiger partial charge in [0.15, 0.2) is 0 Å². The second-order valence-electron chi connectivity index (χ2n) is 6.73. The van der Waals surface area contributed by atoms with Gasteiger partial charge in [0, 0.05) is 13.1 Å². The van der Waals surface area contributed by atoms with Gasteiger partial charge in [-0.05, 0) is 45.2 Å². The number of aliphatic hydroxyl groups excluding tert-OH is 1. The Hall–Kier alpha value is -0.900. The normalized spacial score (nSPS) is 22.1. The maximum absolute atomic E-state index is 10.1. The number of nitrogens with zero attached hydrogens (tertiary/aromatic N) is 1. The Balaban J connectivity index is 1.76. The lowest BCUT2D eigenvalue weighted by Crippen LogP contribution is -2.35. The molecule has 1 aromatic rings. The highest BCUT2D eigenvalue weighted by atomic mass is 16.5. The van der Waals surface area contributed by atoms with Crippen molar-refractivity contribution >= 4 is 0 Å². The minimum atomic E-state index is -0.399. The van der Waals surface area contributed by atoms with E-state index in [0.717, 1.165) is 13.1 Å². The number of β-amino-alcohol motifs (C(OH)–C–C–N with tert-alkyl or cyclic N) is 1. The molecule has 1 N–H and O–H groups in total. The molecule has 0 radical (unpaired) electrons. The minimum absolute atomic E-state index is 0.182. The zero-order chi connectivity index (χ0) is 14.6. The molecule has 0 aromatic heterocycles. The fourth-order valence-electron chi connectivity index (χ4n) is 2.69. The Morgan fingerprint density at radius 2 is 2.00 bits per heavy atom. The van der Waals surface area contributed by atoms with Gasteiger partial charge in [0.1, 0.15) is 0 Å². The van der Waals surface area contributed by atoms with Gasteiger partial charge in [0.05, 0.1) is 18.3 Å². The molecule has 1 heterocycles. The molecule has 0 amide bonds. The van der Waals surface area contributed by atoms with Crippen molar-refractivity contribution in [3.05, 3.63) is 35.9 Å². The Kier molecular flexibility index (Phi) is 5.19. The van der Waals surface area contributed by atoms with Crippen LogP contribution in [0.3, 0.4) is 0 Å². The van der Waals surface area contributed by atoms with Gasteiger partial charge in [-0.2, -0.15) is 0 Å². The van der Waals surface area contributed by atoms with Crippen molar-refractivity contribution in [2.45, 2.75) is 44.8 Å². The summed E-state index contributed by atoms with van der Waals surface area (Å²) in [6, 6.07) is 10.7. The van der Waals surface area contributed by atoms with Crippen molar-refractivity contribution in [3.63, 3.8) is 0 Å². The molecule has 2 atom stereocenters. The Morgan fingerprint density at radius 3 is 2.65 bits per heavy atom. The molecule has 0 bridgehead atoms. The van der Waals surface area contributed by atoms with Crippen LogP contribution >= 0.6 is 0 Å². The van der Waals surface area contributed by atoms with Crippen molar-refractivity contribution in [2.24, 2.45) is 0 Å². The molecular formula is C17H27NO2. The summed E-state index contributed by atoms with van der Waals surface area (Å²) in [5.41, 5.74) is 1.23. The molecule has 0 spiro atoms. The highest BCUT2D eigenvalue weighted by Crippen LogP contribution is 2.26. The topological polar surface area (TPSA) is 32.7 Å². The molecule has 0 unspecified atom stereocenters. The van der Waals surface area contributed by atoms with E-state index in [4.69, 9.17) is 4.74 Å². The molecule has 3 heteroatoms. The third-order valence-electron chi connectivity index (χ3n) is 3.72. The van der Waals surface area contributed by atoms with Crippen molar-refractivity contribution < 1.29 is 9.84 Å². The third-order valence-corrected chi connectivity index (χ3v) is 3.72. The monoisotopic (exact) mass is 277 g/mol. The van der Waals surface area contributed by atoms with Crippen molar-refractivity contribution in [1.82, 2.24) is 4.90 Å². The van der Waals surface area contributed by atoms with E-state index in [1.54, 1.807) is 0 Å². The Morgan fingerprint density at radius 1 is 1.30 bits per heavy atom. The first-order valence-electron chi connectivity index (χ1n) is 7.53. The van der Waals surface area contributed by atoms with E-state index in [1.807, 2.05) is 20.8 Å². The maximum atomic E-state index is 10.1. The smallest absolute Gasteiger partial charge is 0.0900 e. The summed E-state index contributed by atoms with van der Waals surface area (Å²) < 4.78 is 5.64. The fourth-order valence-corrected chi connectivity index (χ4v) is 2.69. The average molecular weight is 277 g/mol. The molecule has 0 aliphatic carbocycles. The quantitative estimate of drug-likeness (QED) is 0.898. The molecule has 2 rings (SSSR count). The summed E-state index contributed by atoms with van der Waals surface area (Å²) in [7, 11) is 0. The molecule has 1 aromatic carbocycles. The molecule has 0 saturated carbocycles. The van der Waals surface area contributed by atoms with Gasteiger partial charge in [-0.15, -0.1) is 0 Å². The van der Waals surface area contributed by atoms with Gasteiger partial charge in [-0.3, -0.25) is 0 Å². The first-order valence-corrected chi connectivity index (χ1v) is 7.53. The number of aliphatic hydroxyl groups is 1. The summed E-state index contributed by atoms with van der Waals surface area (Å²) in [5.74, 6) is 0.604. The zero-order valence-corrected chi connectivity index (χ0v) is 12.9. The summed E-state index contributed by atoms with van der Waals surface area (Å²) >= 11 is 0. The summed E-state index contributed by atoms with van der Waals surface area (Å²) in [5, 5.41) is 10.1. The molecule has 20 heavy (non-hydrogen) atoms.